The Bertz CT molecular complexity index is 949. The normalized spacial score (nSPS) is 11.3. The molecule has 2 aromatic carbocycles. The molecule has 0 amide bonds. The molecule has 0 aliphatic heterocycles. The summed E-state index contributed by atoms with van der Waals surface area (Å²) < 4.78 is 29.6. The smallest absolute Gasteiger partial charge is 0.338 e. The molecule has 1 unspecified atom stereocenters. The molecule has 2 rings (SSSR count). The van der Waals surface area contributed by atoms with Crippen LogP contribution < -0.4 is 4.74 Å². The van der Waals surface area contributed by atoms with E-state index >= 15 is 0 Å². The van der Waals surface area contributed by atoms with Gasteiger partial charge in [-0.25, -0.2) is 14.0 Å². The number of aliphatic hydroxyl groups is 1. The molecule has 0 heterocycles. The van der Waals surface area contributed by atoms with Crippen molar-refractivity contribution in [2.45, 2.75) is 20.1 Å². The van der Waals surface area contributed by atoms with E-state index in [-0.39, 0.29) is 29.9 Å². The van der Waals surface area contributed by atoms with Crippen LogP contribution in [0.1, 0.15) is 24.2 Å². The molecule has 0 spiro atoms. The lowest BCUT2D eigenvalue weighted by atomic mass is 10.0. The molecule has 0 radical (unpaired) electrons. The van der Waals surface area contributed by atoms with Gasteiger partial charge < -0.3 is 19.3 Å². The standard InChI is InChI=1S/C23H23FO6/c1-14(2)21(25)28-11-12-29-23(27)17-7-10-19(20(24)13-17)16-5-8-18(9-6-16)30-22(26)15(3)4/h5-10,13,22,26H,1,3,11-12H2,2,4H3. The van der Waals surface area contributed by atoms with Crippen molar-refractivity contribution in [1.29, 1.82) is 0 Å². The van der Waals surface area contributed by atoms with E-state index in [2.05, 4.69) is 13.2 Å². The molecule has 0 bridgehead atoms. The Hall–Kier alpha value is -3.45. The highest BCUT2D eigenvalue weighted by atomic mass is 19.1. The van der Waals surface area contributed by atoms with Gasteiger partial charge in [-0.1, -0.05) is 31.4 Å². The van der Waals surface area contributed by atoms with Gasteiger partial charge in [-0.05, 0) is 49.2 Å². The summed E-state index contributed by atoms with van der Waals surface area (Å²) in [7, 11) is 0. The number of rotatable bonds is 9. The van der Waals surface area contributed by atoms with Crippen molar-refractivity contribution in [3.8, 4) is 16.9 Å². The van der Waals surface area contributed by atoms with Gasteiger partial charge in [0.15, 0.2) is 0 Å². The monoisotopic (exact) mass is 414 g/mol. The quantitative estimate of drug-likeness (QED) is 0.219. The van der Waals surface area contributed by atoms with Gasteiger partial charge >= 0.3 is 11.9 Å². The molecule has 30 heavy (non-hydrogen) atoms. The Kier molecular flexibility index (Phi) is 7.89. The third-order valence-corrected chi connectivity index (χ3v) is 3.94. The van der Waals surface area contributed by atoms with Crippen molar-refractivity contribution >= 4 is 11.9 Å². The average molecular weight is 414 g/mol. The zero-order valence-corrected chi connectivity index (χ0v) is 16.8. The minimum Gasteiger partial charge on any atom is -0.461 e. The molecule has 0 saturated carbocycles. The fourth-order valence-electron chi connectivity index (χ4n) is 2.29. The Labute approximate surface area is 174 Å². The molecule has 0 fully saturated rings. The lowest BCUT2D eigenvalue weighted by Crippen LogP contribution is -2.15. The van der Waals surface area contributed by atoms with Gasteiger partial charge in [-0.15, -0.1) is 0 Å². The topological polar surface area (TPSA) is 82.1 Å². The highest BCUT2D eigenvalue weighted by Gasteiger charge is 2.13. The maximum atomic E-state index is 14.5. The first kappa shape index (κ1) is 22.8. The Balaban J connectivity index is 1.99. The highest BCUT2D eigenvalue weighted by molar-refractivity contribution is 5.90. The lowest BCUT2D eigenvalue weighted by Gasteiger charge is -2.13. The Morgan fingerprint density at radius 1 is 1.03 bits per heavy atom. The molecule has 0 aliphatic carbocycles. The second-order valence-corrected chi connectivity index (χ2v) is 6.59. The number of hydrogen-bond donors (Lipinski definition) is 1. The van der Waals surface area contributed by atoms with E-state index in [1.807, 2.05) is 0 Å². The highest BCUT2D eigenvalue weighted by Crippen LogP contribution is 2.26. The minimum absolute atomic E-state index is 0.0343. The third kappa shape index (κ3) is 6.28. The van der Waals surface area contributed by atoms with Crippen LogP contribution in [0, 0.1) is 5.82 Å². The summed E-state index contributed by atoms with van der Waals surface area (Å²) >= 11 is 0. The van der Waals surface area contributed by atoms with Crippen LogP contribution in [0.3, 0.4) is 0 Å². The molecule has 1 N–H and O–H groups in total. The molecule has 0 saturated heterocycles. The predicted octanol–water partition coefficient (Wildman–Crippen LogP) is 4.04. The van der Waals surface area contributed by atoms with Crippen LogP contribution in [0.25, 0.3) is 11.1 Å². The Morgan fingerprint density at radius 3 is 2.23 bits per heavy atom. The first-order chi connectivity index (χ1) is 14.2. The van der Waals surface area contributed by atoms with Crippen LogP contribution in [0.4, 0.5) is 4.39 Å². The SMILES string of the molecule is C=C(C)C(=O)OCCOC(=O)c1ccc(-c2ccc(OC(O)C(=C)C)cc2)c(F)c1. The zero-order chi connectivity index (χ0) is 22.3. The van der Waals surface area contributed by atoms with Gasteiger partial charge in [0.25, 0.3) is 0 Å². The minimum atomic E-state index is -1.12. The second-order valence-electron chi connectivity index (χ2n) is 6.59. The van der Waals surface area contributed by atoms with Gasteiger partial charge in [-0.3, -0.25) is 0 Å². The van der Waals surface area contributed by atoms with Crippen LogP contribution in [0.15, 0.2) is 66.8 Å². The molecule has 1 atom stereocenters. The summed E-state index contributed by atoms with van der Waals surface area (Å²) in [6.07, 6.45) is -1.12. The van der Waals surface area contributed by atoms with Gasteiger partial charge in [0, 0.05) is 11.1 Å². The fraction of sp³-hybridized carbons (Fsp3) is 0.217. The van der Waals surface area contributed by atoms with E-state index < -0.39 is 24.0 Å². The molecular weight excluding hydrogens is 391 g/mol. The van der Waals surface area contributed by atoms with E-state index in [1.54, 1.807) is 31.2 Å². The number of hydrogen-bond acceptors (Lipinski definition) is 6. The maximum Gasteiger partial charge on any atom is 0.338 e. The molecule has 2 aromatic rings. The van der Waals surface area contributed by atoms with Crippen molar-refractivity contribution in [2.24, 2.45) is 0 Å². The van der Waals surface area contributed by atoms with Crippen molar-refractivity contribution < 1.29 is 33.3 Å². The molecule has 6 nitrogen and oxygen atoms in total. The van der Waals surface area contributed by atoms with Crippen molar-refractivity contribution in [2.75, 3.05) is 13.2 Å². The first-order valence-electron chi connectivity index (χ1n) is 9.09. The van der Waals surface area contributed by atoms with Crippen LogP contribution in [-0.2, 0) is 14.3 Å². The van der Waals surface area contributed by atoms with E-state index in [1.165, 1.54) is 19.1 Å². The number of carbonyl (C=O) groups excluding carboxylic acids is 2. The summed E-state index contributed by atoms with van der Waals surface area (Å²) in [6.45, 7) is 9.91. The van der Waals surface area contributed by atoms with Crippen molar-refractivity contribution in [3.05, 3.63) is 78.1 Å². The van der Waals surface area contributed by atoms with Crippen molar-refractivity contribution in [3.63, 3.8) is 0 Å². The van der Waals surface area contributed by atoms with Gasteiger partial charge in [0.05, 0.1) is 5.56 Å². The van der Waals surface area contributed by atoms with Gasteiger partial charge in [0.1, 0.15) is 24.8 Å². The largest absolute Gasteiger partial charge is 0.461 e. The molecule has 0 aromatic heterocycles. The van der Waals surface area contributed by atoms with Gasteiger partial charge in [-0.2, -0.15) is 0 Å². The summed E-state index contributed by atoms with van der Waals surface area (Å²) in [4.78, 5) is 23.3. The number of halogens is 1. The molecular formula is C23H23FO6. The number of ether oxygens (including phenoxy) is 3. The van der Waals surface area contributed by atoms with Crippen LogP contribution >= 0.6 is 0 Å². The van der Waals surface area contributed by atoms with E-state index in [0.29, 0.717) is 16.9 Å². The second kappa shape index (κ2) is 10.4. The van der Waals surface area contributed by atoms with Crippen LogP contribution in [0.2, 0.25) is 0 Å². The number of esters is 2. The first-order valence-corrected chi connectivity index (χ1v) is 9.09. The Morgan fingerprint density at radius 2 is 1.67 bits per heavy atom. The van der Waals surface area contributed by atoms with Crippen LogP contribution in [-0.4, -0.2) is 36.5 Å². The molecule has 0 aliphatic rings. The number of benzene rings is 2. The maximum absolute atomic E-state index is 14.5. The zero-order valence-electron chi connectivity index (χ0n) is 16.8. The summed E-state index contributed by atoms with van der Waals surface area (Å²) in [5, 5.41) is 9.67. The number of aliphatic hydroxyl groups excluding tert-OH is 1. The summed E-state index contributed by atoms with van der Waals surface area (Å²) in [6, 6.07) is 10.4. The average Bonchev–Trinajstić information content (AvgIpc) is 2.71. The lowest BCUT2D eigenvalue weighted by molar-refractivity contribution is -0.140. The fourth-order valence-corrected chi connectivity index (χ4v) is 2.29. The van der Waals surface area contributed by atoms with E-state index in [0.717, 1.165) is 6.07 Å². The predicted molar refractivity (Wildman–Crippen MR) is 109 cm³/mol. The summed E-state index contributed by atoms with van der Waals surface area (Å²) in [5.41, 5.74) is 1.59. The van der Waals surface area contributed by atoms with E-state index in [9.17, 15) is 19.1 Å². The third-order valence-electron chi connectivity index (χ3n) is 3.94. The molecule has 7 heteroatoms. The summed E-state index contributed by atoms with van der Waals surface area (Å²) in [5.74, 6) is -1.51. The molecule has 158 valence electrons. The van der Waals surface area contributed by atoms with Crippen molar-refractivity contribution in [1.82, 2.24) is 0 Å². The van der Waals surface area contributed by atoms with E-state index in [4.69, 9.17) is 14.2 Å². The van der Waals surface area contributed by atoms with Crippen LogP contribution in [0.5, 0.6) is 5.75 Å². The number of carbonyl (C=O) groups is 2. The van der Waals surface area contributed by atoms with Gasteiger partial charge in [0.2, 0.25) is 6.29 Å².